The maximum absolute atomic E-state index is 5.49. The van der Waals surface area contributed by atoms with Crippen LogP contribution in [0.25, 0.3) is 0 Å². The second-order valence-corrected chi connectivity index (χ2v) is 4.57. The van der Waals surface area contributed by atoms with Gasteiger partial charge in [0.15, 0.2) is 0 Å². The monoisotopic (exact) mass is 214 g/mol. The van der Waals surface area contributed by atoms with Crippen LogP contribution >= 0.6 is 0 Å². The molecule has 2 N–H and O–H groups in total. The van der Waals surface area contributed by atoms with Crippen molar-refractivity contribution >= 4 is 0 Å². The molecule has 0 saturated carbocycles. The first kappa shape index (κ1) is 14.9. The summed E-state index contributed by atoms with van der Waals surface area (Å²) in [6.07, 6.45) is 3.94. The fourth-order valence-corrected chi connectivity index (χ4v) is 2.16. The highest BCUT2D eigenvalue weighted by Gasteiger charge is 2.20. The Morgan fingerprint density at radius 1 is 1.20 bits per heavy atom. The van der Waals surface area contributed by atoms with Crippen LogP contribution in [0.3, 0.4) is 0 Å². The molecule has 2 heteroatoms. The molecule has 0 bridgehead atoms. The molecule has 0 aromatic carbocycles. The van der Waals surface area contributed by atoms with Gasteiger partial charge in [0.1, 0.15) is 0 Å². The minimum Gasteiger partial charge on any atom is -0.330 e. The number of likely N-dealkylation sites (tertiary alicyclic amines) is 1. The van der Waals surface area contributed by atoms with E-state index in [1.54, 1.807) is 0 Å². The first-order valence-electron chi connectivity index (χ1n) is 6.66. The Bertz CT molecular complexity index is 126. The predicted octanol–water partition coefficient (Wildman–Crippen LogP) is 2.73. The van der Waals surface area contributed by atoms with Crippen molar-refractivity contribution in [3.05, 3.63) is 0 Å². The first-order chi connectivity index (χ1) is 7.24. The van der Waals surface area contributed by atoms with E-state index >= 15 is 0 Å². The minimum atomic E-state index is 0.837. The number of hydrogen-bond acceptors (Lipinski definition) is 2. The second-order valence-electron chi connectivity index (χ2n) is 4.57. The Morgan fingerprint density at radius 2 is 1.73 bits per heavy atom. The van der Waals surface area contributed by atoms with Gasteiger partial charge in [0, 0.05) is 0 Å². The highest BCUT2D eigenvalue weighted by atomic mass is 15.1. The molecule has 0 spiro atoms. The van der Waals surface area contributed by atoms with Gasteiger partial charge in [-0.3, -0.25) is 0 Å². The average Bonchev–Trinajstić information content (AvgIpc) is 2.29. The van der Waals surface area contributed by atoms with Gasteiger partial charge in [-0.25, -0.2) is 0 Å². The molecule has 0 aromatic rings. The van der Waals surface area contributed by atoms with Crippen LogP contribution in [0.4, 0.5) is 0 Å². The van der Waals surface area contributed by atoms with E-state index in [1.165, 1.54) is 32.5 Å². The Labute approximate surface area is 96.2 Å². The maximum atomic E-state index is 5.49. The fourth-order valence-electron chi connectivity index (χ4n) is 2.16. The van der Waals surface area contributed by atoms with Crippen LogP contribution in [-0.4, -0.2) is 31.1 Å². The van der Waals surface area contributed by atoms with E-state index < -0.39 is 0 Å². The number of piperidine rings is 1. The summed E-state index contributed by atoms with van der Waals surface area (Å²) in [6.45, 7) is 13.3. The molecule has 15 heavy (non-hydrogen) atoms. The molecule has 1 fully saturated rings. The molecule has 92 valence electrons. The van der Waals surface area contributed by atoms with Crippen molar-refractivity contribution in [2.45, 2.75) is 47.0 Å². The lowest BCUT2D eigenvalue weighted by atomic mass is 9.87. The van der Waals surface area contributed by atoms with E-state index in [2.05, 4.69) is 18.7 Å². The van der Waals surface area contributed by atoms with Crippen molar-refractivity contribution in [2.75, 3.05) is 26.2 Å². The molecule has 0 aromatic heterocycles. The summed E-state index contributed by atoms with van der Waals surface area (Å²) in [5, 5.41) is 0. The van der Waals surface area contributed by atoms with E-state index in [-0.39, 0.29) is 0 Å². The van der Waals surface area contributed by atoms with Gasteiger partial charge in [-0.1, -0.05) is 27.7 Å². The molecule has 1 heterocycles. The molecule has 0 unspecified atom stereocenters. The van der Waals surface area contributed by atoms with Crippen molar-refractivity contribution in [1.82, 2.24) is 4.90 Å². The lowest BCUT2D eigenvalue weighted by Crippen LogP contribution is -2.36. The Balaban J connectivity index is 0.000000921. The zero-order valence-corrected chi connectivity index (χ0v) is 11.1. The maximum Gasteiger partial charge on any atom is -0.000671 e. The van der Waals surface area contributed by atoms with Crippen molar-refractivity contribution in [2.24, 2.45) is 17.6 Å². The SMILES string of the molecule is CC.CC(C)C1CCN(CCCN)CC1. The molecular formula is C13H30N2. The van der Waals surface area contributed by atoms with Crippen LogP contribution in [0.15, 0.2) is 0 Å². The third-order valence-corrected chi connectivity index (χ3v) is 3.25. The van der Waals surface area contributed by atoms with E-state index in [4.69, 9.17) is 5.73 Å². The van der Waals surface area contributed by atoms with Crippen molar-refractivity contribution in [3.8, 4) is 0 Å². The lowest BCUT2D eigenvalue weighted by molar-refractivity contribution is 0.157. The molecule has 1 rings (SSSR count). The summed E-state index contributed by atoms with van der Waals surface area (Å²) in [6, 6.07) is 0. The van der Waals surface area contributed by atoms with Crippen LogP contribution in [-0.2, 0) is 0 Å². The van der Waals surface area contributed by atoms with Crippen LogP contribution in [0.2, 0.25) is 0 Å². The lowest BCUT2D eigenvalue weighted by Gasteiger charge is -2.33. The number of nitrogens with zero attached hydrogens (tertiary/aromatic N) is 1. The highest BCUT2D eigenvalue weighted by molar-refractivity contribution is 4.74. The molecule has 0 amide bonds. The van der Waals surface area contributed by atoms with Gasteiger partial charge < -0.3 is 10.6 Å². The van der Waals surface area contributed by atoms with Gasteiger partial charge in [-0.05, 0) is 57.3 Å². The molecule has 0 atom stereocenters. The van der Waals surface area contributed by atoms with Crippen molar-refractivity contribution < 1.29 is 0 Å². The quantitative estimate of drug-likeness (QED) is 0.779. The summed E-state index contributed by atoms with van der Waals surface area (Å²) in [5.41, 5.74) is 5.49. The zero-order valence-electron chi connectivity index (χ0n) is 11.1. The number of rotatable bonds is 4. The van der Waals surface area contributed by atoms with Gasteiger partial charge in [-0.15, -0.1) is 0 Å². The van der Waals surface area contributed by atoms with Gasteiger partial charge in [0.2, 0.25) is 0 Å². The molecule has 1 aliphatic heterocycles. The van der Waals surface area contributed by atoms with Crippen molar-refractivity contribution in [3.63, 3.8) is 0 Å². The van der Waals surface area contributed by atoms with Crippen LogP contribution in [0.1, 0.15) is 47.0 Å². The molecule has 1 saturated heterocycles. The smallest absolute Gasteiger partial charge is 0.000671 e. The van der Waals surface area contributed by atoms with E-state index in [9.17, 15) is 0 Å². The Kier molecular flexibility index (Phi) is 9.12. The minimum absolute atomic E-state index is 0.837. The average molecular weight is 214 g/mol. The van der Waals surface area contributed by atoms with E-state index in [1.807, 2.05) is 13.8 Å². The molecule has 0 radical (unpaired) electrons. The van der Waals surface area contributed by atoms with Crippen molar-refractivity contribution in [1.29, 1.82) is 0 Å². The zero-order chi connectivity index (χ0) is 11.7. The van der Waals surface area contributed by atoms with Crippen LogP contribution in [0.5, 0.6) is 0 Å². The van der Waals surface area contributed by atoms with Gasteiger partial charge >= 0.3 is 0 Å². The summed E-state index contributed by atoms with van der Waals surface area (Å²) < 4.78 is 0. The van der Waals surface area contributed by atoms with E-state index in [0.717, 1.165) is 24.8 Å². The third kappa shape index (κ3) is 6.16. The Hall–Kier alpha value is -0.0800. The van der Waals surface area contributed by atoms with Gasteiger partial charge in [0.25, 0.3) is 0 Å². The molecule has 1 aliphatic rings. The normalized spacial score (nSPS) is 18.8. The third-order valence-electron chi connectivity index (χ3n) is 3.25. The van der Waals surface area contributed by atoms with Crippen LogP contribution < -0.4 is 5.73 Å². The van der Waals surface area contributed by atoms with Crippen LogP contribution in [0, 0.1) is 11.8 Å². The topological polar surface area (TPSA) is 29.3 Å². The second kappa shape index (κ2) is 9.17. The molecule has 0 aliphatic carbocycles. The summed E-state index contributed by atoms with van der Waals surface area (Å²) in [5.74, 6) is 1.84. The predicted molar refractivity (Wildman–Crippen MR) is 69.0 cm³/mol. The number of hydrogen-bond donors (Lipinski definition) is 1. The van der Waals surface area contributed by atoms with Gasteiger partial charge in [0.05, 0.1) is 0 Å². The number of nitrogens with two attached hydrogens (primary N) is 1. The molecular weight excluding hydrogens is 184 g/mol. The first-order valence-corrected chi connectivity index (χ1v) is 6.66. The fraction of sp³-hybridized carbons (Fsp3) is 1.00. The summed E-state index contributed by atoms with van der Waals surface area (Å²) in [4.78, 5) is 2.56. The summed E-state index contributed by atoms with van der Waals surface area (Å²) in [7, 11) is 0. The largest absolute Gasteiger partial charge is 0.330 e. The molecule has 2 nitrogen and oxygen atoms in total. The standard InChI is InChI=1S/C11H24N2.C2H6/c1-10(2)11-4-8-13(9-5-11)7-3-6-12;1-2/h10-11H,3-9,12H2,1-2H3;1-2H3. The Morgan fingerprint density at radius 3 is 2.13 bits per heavy atom. The summed E-state index contributed by atoms with van der Waals surface area (Å²) >= 11 is 0. The highest BCUT2D eigenvalue weighted by Crippen LogP contribution is 2.24. The van der Waals surface area contributed by atoms with Gasteiger partial charge in [-0.2, -0.15) is 0 Å². The van der Waals surface area contributed by atoms with E-state index in [0.29, 0.717) is 0 Å².